The Bertz CT molecular complexity index is 221. The zero-order valence-corrected chi connectivity index (χ0v) is 6.82. The number of likely N-dealkylation sites (tertiary alicyclic amines) is 1. The highest BCUT2D eigenvalue weighted by molar-refractivity contribution is 6.05. The summed E-state index contributed by atoms with van der Waals surface area (Å²) in [6.45, 7) is 1.89. The Labute approximate surface area is 70.9 Å². The second-order valence-corrected chi connectivity index (χ2v) is 3.31. The summed E-state index contributed by atoms with van der Waals surface area (Å²) < 4.78 is 0. The van der Waals surface area contributed by atoms with Gasteiger partial charge in [-0.1, -0.05) is 0 Å². The molecule has 1 radical (unpaired) electrons. The molecule has 4 heteroatoms. The van der Waals surface area contributed by atoms with E-state index in [1.165, 1.54) is 0 Å². The fraction of sp³-hybridized carbons (Fsp3) is 0.750. The van der Waals surface area contributed by atoms with Gasteiger partial charge in [-0.15, -0.1) is 0 Å². The van der Waals surface area contributed by atoms with Gasteiger partial charge in [0.1, 0.15) is 6.04 Å². The van der Waals surface area contributed by atoms with E-state index < -0.39 is 0 Å². The molecule has 2 fully saturated rings. The molecule has 0 spiro atoms. The van der Waals surface area contributed by atoms with Gasteiger partial charge in [0.15, 0.2) is 0 Å². The molecular weight excluding hydrogens is 156 g/mol. The summed E-state index contributed by atoms with van der Waals surface area (Å²) in [5.74, 6) is -0.487. The number of imide groups is 1. The van der Waals surface area contributed by atoms with E-state index in [-0.39, 0.29) is 17.9 Å². The SMILES string of the molecule is O=C1CC(N2CCCC2)C(=O)[N]1. The maximum Gasteiger partial charge on any atom is 0.266 e. The van der Waals surface area contributed by atoms with Gasteiger partial charge >= 0.3 is 0 Å². The van der Waals surface area contributed by atoms with Crippen LogP contribution in [0.15, 0.2) is 0 Å². The molecule has 2 aliphatic heterocycles. The Morgan fingerprint density at radius 3 is 2.42 bits per heavy atom. The quantitative estimate of drug-likeness (QED) is 0.495. The van der Waals surface area contributed by atoms with Gasteiger partial charge in [0.05, 0.1) is 6.42 Å². The van der Waals surface area contributed by atoms with Crippen LogP contribution in [0.2, 0.25) is 0 Å². The lowest BCUT2D eigenvalue weighted by Gasteiger charge is -2.18. The zero-order valence-electron chi connectivity index (χ0n) is 6.82. The molecule has 2 amide bonds. The smallest absolute Gasteiger partial charge is 0.266 e. The van der Waals surface area contributed by atoms with Crippen LogP contribution >= 0.6 is 0 Å². The third-order valence-electron chi connectivity index (χ3n) is 2.47. The minimum atomic E-state index is -0.253. The Balaban J connectivity index is 2.03. The number of carbonyl (C=O) groups is 2. The van der Waals surface area contributed by atoms with E-state index in [2.05, 4.69) is 10.2 Å². The fourth-order valence-corrected chi connectivity index (χ4v) is 1.83. The first-order chi connectivity index (χ1) is 5.77. The van der Waals surface area contributed by atoms with E-state index in [4.69, 9.17) is 0 Å². The molecule has 2 heterocycles. The summed E-state index contributed by atoms with van der Waals surface area (Å²) >= 11 is 0. The van der Waals surface area contributed by atoms with Gasteiger partial charge < -0.3 is 0 Å². The highest BCUT2D eigenvalue weighted by atomic mass is 16.2. The molecule has 2 rings (SSSR count). The predicted molar refractivity (Wildman–Crippen MR) is 41.4 cm³/mol. The van der Waals surface area contributed by atoms with Gasteiger partial charge in [0.25, 0.3) is 11.8 Å². The number of carbonyl (C=O) groups excluding carboxylic acids is 2. The molecule has 4 nitrogen and oxygen atoms in total. The van der Waals surface area contributed by atoms with Crippen molar-refractivity contribution in [2.75, 3.05) is 13.1 Å². The molecule has 0 N–H and O–H groups in total. The molecule has 1 unspecified atom stereocenters. The van der Waals surface area contributed by atoms with E-state index >= 15 is 0 Å². The first-order valence-electron chi connectivity index (χ1n) is 4.30. The Morgan fingerprint density at radius 2 is 1.92 bits per heavy atom. The van der Waals surface area contributed by atoms with E-state index in [1.807, 2.05) is 0 Å². The van der Waals surface area contributed by atoms with Gasteiger partial charge in [-0.05, 0) is 25.9 Å². The van der Waals surface area contributed by atoms with Crippen molar-refractivity contribution in [2.45, 2.75) is 25.3 Å². The molecule has 0 aromatic carbocycles. The normalized spacial score (nSPS) is 31.2. The number of nitrogens with zero attached hydrogens (tertiary/aromatic N) is 2. The summed E-state index contributed by atoms with van der Waals surface area (Å²) in [6.07, 6.45) is 2.58. The highest BCUT2D eigenvalue weighted by Gasteiger charge is 2.37. The van der Waals surface area contributed by atoms with Gasteiger partial charge in [-0.3, -0.25) is 14.5 Å². The minimum absolute atomic E-state index is 0.222. The van der Waals surface area contributed by atoms with Crippen molar-refractivity contribution >= 4 is 11.8 Å². The van der Waals surface area contributed by atoms with Crippen LogP contribution in [0.1, 0.15) is 19.3 Å². The van der Waals surface area contributed by atoms with Crippen molar-refractivity contribution in [1.82, 2.24) is 10.2 Å². The van der Waals surface area contributed by atoms with Crippen LogP contribution < -0.4 is 5.32 Å². The van der Waals surface area contributed by atoms with Crippen LogP contribution in [0.3, 0.4) is 0 Å². The second kappa shape index (κ2) is 2.86. The number of hydrogen-bond donors (Lipinski definition) is 0. The average molecular weight is 167 g/mol. The van der Waals surface area contributed by atoms with Crippen molar-refractivity contribution in [3.8, 4) is 0 Å². The van der Waals surface area contributed by atoms with Crippen molar-refractivity contribution in [1.29, 1.82) is 0 Å². The molecule has 2 saturated heterocycles. The first-order valence-corrected chi connectivity index (χ1v) is 4.30. The molecule has 0 saturated carbocycles. The fourth-order valence-electron chi connectivity index (χ4n) is 1.83. The third-order valence-corrected chi connectivity index (χ3v) is 2.47. The molecule has 0 aromatic rings. The number of hydrogen-bond acceptors (Lipinski definition) is 3. The summed E-state index contributed by atoms with van der Waals surface area (Å²) in [4.78, 5) is 24.0. The molecule has 12 heavy (non-hydrogen) atoms. The minimum Gasteiger partial charge on any atom is -0.291 e. The Hall–Kier alpha value is -0.900. The maximum absolute atomic E-state index is 11.1. The first kappa shape index (κ1) is 7.73. The maximum atomic E-state index is 11.1. The molecule has 0 bridgehead atoms. The van der Waals surface area contributed by atoms with Crippen LogP contribution in [0, 0.1) is 0 Å². The zero-order chi connectivity index (χ0) is 8.55. The van der Waals surface area contributed by atoms with E-state index in [0.29, 0.717) is 6.42 Å². The largest absolute Gasteiger partial charge is 0.291 e. The van der Waals surface area contributed by atoms with Crippen molar-refractivity contribution in [2.24, 2.45) is 0 Å². The summed E-state index contributed by atoms with van der Waals surface area (Å²) in [5, 5.41) is 3.40. The predicted octanol–water partition coefficient (Wildman–Crippen LogP) is -0.488. The summed E-state index contributed by atoms with van der Waals surface area (Å²) in [5.41, 5.74) is 0. The molecule has 0 aromatic heterocycles. The average Bonchev–Trinajstić information content (AvgIpc) is 2.58. The standard InChI is InChI=1S/C8H11N2O2/c11-7-5-6(8(12)9-7)10-3-1-2-4-10/h6H,1-5H2. The lowest BCUT2D eigenvalue weighted by Crippen LogP contribution is -2.37. The Kier molecular flexibility index (Phi) is 1.84. The van der Waals surface area contributed by atoms with Crippen LogP contribution in [0.5, 0.6) is 0 Å². The monoisotopic (exact) mass is 167 g/mol. The van der Waals surface area contributed by atoms with Crippen LogP contribution in [0.4, 0.5) is 0 Å². The topological polar surface area (TPSA) is 51.5 Å². The van der Waals surface area contributed by atoms with Crippen LogP contribution in [-0.2, 0) is 9.59 Å². The van der Waals surface area contributed by atoms with Crippen molar-refractivity contribution in [3.63, 3.8) is 0 Å². The molecule has 0 aliphatic carbocycles. The lowest BCUT2D eigenvalue weighted by atomic mass is 10.2. The van der Waals surface area contributed by atoms with Crippen LogP contribution in [-0.4, -0.2) is 35.8 Å². The van der Waals surface area contributed by atoms with Crippen LogP contribution in [0.25, 0.3) is 0 Å². The number of amides is 2. The lowest BCUT2D eigenvalue weighted by molar-refractivity contribution is -0.126. The van der Waals surface area contributed by atoms with Crippen molar-refractivity contribution in [3.05, 3.63) is 0 Å². The van der Waals surface area contributed by atoms with Gasteiger partial charge in [0.2, 0.25) is 0 Å². The number of rotatable bonds is 1. The molecule has 2 aliphatic rings. The summed E-state index contributed by atoms with van der Waals surface area (Å²) in [6, 6.07) is -0.222. The molecular formula is C8H11N2O2. The van der Waals surface area contributed by atoms with Gasteiger partial charge in [-0.25, -0.2) is 0 Å². The molecule has 1 atom stereocenters. The third kappa shape index (κ3) is 1.22. The highest BCUT2D eigenvalue weighted by Crippen LogP contribution is 2.17. The van der Waals surface area contributed by atoms with Gasteiger partial charge in [0, 0.05) is 0 Å². The van der Waals surface area contributed by atoms with E-state index in [9.17, 15) is 9.59 Å². The van der Waals surface area contributed by atoms with Crippen molar-refractivity contribution < 1.29 is 9.59 Å². The van der Waals surface area contributed by atoms with E-state index in [0.717, 1.165) is 25.9 Å². The summed E-state index contributed by atoms with van der Waals surface area (Å²) in [7, 11) is 0. The second-order valence-electron chi connectivity index (χ2n) is 3.31. The molecule has 65 valence electrons. The van der Waals surface area contributed by atoms with Gasteiger partial charge in [-0.2, -0.15) is 5.32 Å². The Morgan fingerprint density at radius 1 is 1.25 bits per heavy atom. The van der Waals surface area contributed by atoms with E-state index in [1.54, 1.807) is 0 Å².